The quantitative estimate of drug-likeness (QED) is 0.283. The predicted molar refractivity (Wildman–Crippen MR) is 128 cm³/mol. The van der Waals surface area contributed by atoms with Crippen molar-refractivity contribution in [2.45, 2.75) is 19.4 Å². The van der Waals surface area contributed by atoms with Crippen molar-refractivity contribution in [1.82, 2.24) is 15.3 Å². The van der Waals surface area contributed by atoms with E-state index in [-0.39, 0.29) is 18.4 Å². The van der Waals surface area contributed by atoms with Crippen molar-refractivity contribution < 1.29 is 9.59 Å². The molecule has 0 fully saturated rings. The fraction of sp³-hybridized carbons (Fsp3) is 0.174. The topological polar surface area (TPSA) is 125 Å². The molecule has 0 saturated heterocycles. The van der Waals surface area contributed by atoms with Crippen LogP contribution in [0.3, 0.4) is 0 Å². The third kappa shape index (κ3) is 5.13. The lowest BCUT2D eigenvalue weighted by atomic mass is 10.0. The number of aryl methyl sites for hydroxylation is 1. The Bertz CT molecular complexity index is 1250. The number of carbonyl (C=O) groups is 2. The molecule has 0 bridgehead atoms. The Balaban J connectivity index is 1.51. The summed E-state index contributed by atoms with van der Waals surface area (Å²) in [5.74, 6) is -0.709. The molecule has 2 aromatic heterocycles. The molecule has 0 aliphatic carbocycles. The molecule has 4 rings (SSSR count). The first-order chi connectivity index (χ1) is 15.5. The van der Waals surface area contributed by atoms with E-state index >= 15 is 0 Å². The molecule has 1 atom stereocenters. The first kappa shape index (κ1) is 21.5. The molecule has 2 heterocycles. The van der Waals surface area contributed by atoms with E-state index in [1.807, 2.05) is 61.0 Å². The number of rotatable bonds is 8. The molecule has 0 radical (unpaired) electrons. The Kier molecular flexibility index (Phi) is 6.48. The Hall–Kier alpha value is -3.69. The Morgan fingerprint density at radius 1 is 1.16 bits per heavy atom. The number of nitrogens with one attached hydrogen (secondary N) is 4. The second-order valence-corrected chi connectivity index (χ2v) is 8.24. The molecular formula is C23H24N6O2S. The zero-order valence-corrected chi connectivity index (χ0v) is 18.3. The van der Waals surface area contributed by atoms with Gasteiger partial charge in [-0.1, -0.05) is 24.3 Å². The van der Waals surface area contributed by atoms with E-state index in [2.05, 4.69) is 25.9 Å². The number of anilines is 3. The first-order valence-corrected chi connectivity index (χ1v) is 11.0. The van der Waals surface area contributed by atoms with E-state index in [9.17, 15) is 9.59 Å². The van der Waals surface area contributed by atoms with Crippen LogP contribution in [0.15, 0.2) is 60.1 Å². The van der Waals surface area contributed by atoms with Gasteiger partial charge in [0.05, 0.1) is 12.2 Å². The molecule has 0 aliphatic heterocycles. The third-order valence-electron chi connectivity index (χ3n) is 4.94. The number of thiazole rings is 1. The van der Waals surface area contributed by atoms with Gasteiger partial charge in [0, 0.05) is 40.3 Å². The van der Waals surface area contributed by atoms with Gasteiger partial charge in [-0.25, -0.2) is 4.98 Å². The summed E-state index contributed by atoms with van der Waals surface area (Å²) in [7, 11) is 0. The maximum atomic E-state index is 13.1. The van der Waals surface area contributed by atoms with Crippen molar-refractivity contribution in [3.05, 3.63) is 71.4 Å². The molecule has 0 unspecified atom stereocenters. The molecule has 6 N–H and O–H groups in total. The van der Waals surface area contributed by atoms with Crippen LogP contribution in [0.4, 0.5) is 16.5 Å². The lowest BCUT2D eigenvalue weighted by molar-refractivity contribution is -0.125. The van der Waals surface area contributed by atoms with Gasteiger partial charge in [0.2, 0.25) is 11.8 Å². The van der Waals surface area contributed by atoms with Crippen LogP contribution in [-0.4, -0.2) is 34.4 Å². The van der Waals surface area contributed by atoms with Crippen LogP contribution in [-0.2, 0) is 16.0 Å². The molecule has 2 aromatic carbocycles. The van der Waals surface area contributed by atoms with E-state index in [1.54, 1.807) is 6.07 Å². The van der Waals surface area contributed by atoms with E-state index in [0.29, 0.717) is 12.1 Å². The highest BCUT2D eigenvalue weighted by Gasteiger charge is 2.22. The van der Waals surface area contributed by atoms with Crippen molar-refractivity contribution in [2.24, 2.45) is 5.73 Å². The Labute approximate surface area is 189 Å². The van der Waals surface area contributed by atoms with E-state index in [0.717, 1.165) is 33.0 Å². The lowest BCUT2D eigenvalue weighted by Gasteiger charge is -2.18. The molecule has 0 aliphatic rings. The van der Waals surface area contributed by atoms with Gasteiger partial charge in [-0.3, -0.25) is 9.59 Å². The minimum atomic E-state index is -0.775. The molecule has 0 saturated carbocycles. The molecule has 9 heteroatoms. The zero-order chi connectivity index (χ0) is 22.5. The Morgan fingerprint density at radius 3 is 2.75 bits per heavy atom. The second kappa shape index (κ2) is 9.63. The number of fused-ring (bicyclic) bond motifs is 1. The minimum Gasteiger partial charge on any atom is -0.361 e. The number of benzene rings is 2. The van der Waals surface area contributed by atoms with Crippen LogP contribution in [0.5, 0.6) is 0 Å². The lowest BCUT2D eigenvalue weighted by Crippen LogP contribution is -2.47. The molecule has 164 valence electrons. The number of nitrogens with two attached hydrogens (primary N) is 1. The standard InChI is InChI=1S/C23H24N6O2S/c1-14-13-32-23(26-14)28-17-6-4-5-16(10-17)27-22(31)20(29-21(30)11-24)9-15-12-25-19-8-3-2-7-18(15)19/h2-8,10,12-13,20,25H,9,11,24H2,1H3,(H,26,28)(H,27,31)(H,29,30)/t20-/m1/s1. The highest BCUT2D eigenvalue weighted by Crippen LogP contribution is 2.23. The first-order valence-electron chi connectivity index (χ1n) is 10.2. The highest BCUT2D eigenvalue weighted by atomic mass is 32.1. The third-order valence-corrected chi connectivity index (χ3v) is 5.81. The smallest absolute Gasteiger partial charge is 0.247 e. The summed E-state index contributed by atoms with van der Waals surface area (Å²) in [6.45, 7) is 1.74. The number of carbonyl (C=O) groups excluding carboxylic acids is 2. The van der Waals surface area contributed by atoms with Crippen molar-refractivity contribution >= 4 is 50.6 Å². The van der Waals surface area contributed by atoms with Gasteiger partial charge in [-0.15, -0.1) is 11.3 Å². The highest BCUT2D eigenvalue weighted by molar-refractivity contribution is 7.13. The monoisotopic (exact) mass is 448 g/mol. The maximum Gasteiger partial charge on any atom is 0.247 e. The molecule has 32 heavy (non-hydrogen) atoms. The van der Waals surface area contributed by atoms with Gasteiger partial charge in [-0.2, -0.15) is 0 Å². The molecule has 8 nitrogen and oxygen atoms in total. The molecule has 2 amide bonds. The summed E-state index contributed by atoms with van der Waals surface area (Å²) in [4.78, 5) is 32.7. The van der Waals surface area contributed by atoms with E-state index in [1.165, 1.54) is 11.3 Å². The van der Waals surface area contributed by atoms with Gasteiger partial charge in [0.15, 0.2) is 5.13 Å². The van der Waals surface area contributed by atoms with Gasteiger partial charge in [0.25, 0.3) is 0 Å². The van der Waals surface area contributed by atoms with Crippen molar-refractivity contribution in [3.63, 3.8) is 0 Å². The number of aromatic nitrogens is 2. The summed E-state index contributed by atoms with van der Waals surface area (Å²) in [6.07, 6.45) is 2.19. The maximum absolute atomic E-state index is 13.1. The Morgan fingerprint density at radius 2 is 1.97 bits per heavy atom. The van der Waals surface area contributed by atoms with Crippen molar-refractivity contribution in [1.29, 1.82) is 0 Å². The normalized spacial score (nSPS) is 11.8. The van der Waals surface area contributed by atoms with Gasteiger partial charge < -0.3 is 26.7 Å². The predicted octanol–water partition coefficient (Wildman–Crippen LogP) is 3.30. The number of H-pyrrole nitrogens is 1. The fourth-order valence-corrected chi connectivity index (χ4v) is 4.13. The van der Waals surface area contributed by atoms with Gasteiger partial charge in [0.1, 0.15) is 6.04 Å². The number of para-hydroxylation sites is 1. The minimum absolute atomic E-state index is 0.190. The van der Waals surface area contributed by atoms with Crippen LogP contribution in [0.2, 0.25) is 0 Å². The van der Waals surface area contributed by atoms with Gasteiger partial charge in [-0.05, 0) is 36.8 Å². The van der Waals surface area contributed by atoms with Crippen LogP contribution in [0.25, 0.3) is 10.9 Å². The number of aromatic amines is 1. The zero-order valence-electron chi connectivity index (χ0n) is 17.5. The largest absolute Gasteiger partial charge is 0.361 e. The van der Waals surface area contributed by atoms with Crippen LogP contribution < -0.4 is 21.7 Å². The molecule has 4 aromatic rings. The number of hydrogen-bond acceptors (Lipinski definition) is 6. The van der Waals surface area contributed by atoms with Crippen LogP contribution in [0.1, 0.15) is 11.3 Å². The van der Waals surface area contributed by atoms with Crippen LogP contribution in [0, 0.1) is 6.92 Å². The average Bonchev–Trinajstić information content (AvgIpc) is 3.39. The molecule has 0 spiro atoms. The van der Waals surface area contributed by atoms with E-state index in [4.69, 9.17) is 5.73 Å². The average molecular weight is 449 g/mol. The number of amides is 2. The van der Waals surface area contributed by atoms with E-state index < -0.39 is 6.04 Å². The van der Waals surface area contributed by atoms with Crippen molar-refractivity contribution in [3.8, 4) is 0 Å². The second-order valence-electron chi connectivity index (χ2n) is 7.38. The summed E-state index contributed by atoms with van der Waals surface area (Å²) < 4.78 is 0. The summed E-state index contributed by atoms with van der Waals surface area (Å²) in [6, 6.07) is 14.4. The summed E-state index contributed by atoms with van der Waals surface area (Å²) in [5, 5.41) is 12.6. The summed E-state index contributed by atoms with van der Waals surface area (Å²) in [5.41, 5.74) is 9.74. The van der Waals surface area contributed by atoms with Crippen molar-refractivity contribution in [2.75, 3.05) is 17.2 Å². The number of hydrogen-bond donors (Lipinski definition) is 5. The molecular weight excluding hydrogens is 424 g/mol. The van der Waals surface area contributed by atoms with Crippen LogP contribution >= 0.6 is 11.3 Å². The summed E-state index contributed by atoms with van der Waals surface area (Å²) >= 11 is 1.51. The SMILES string of the molecule is Cc1csc(Nc2cccc(NC(=O)[C@@H](Cc3c[nH]c4ccccc34)NC(=O)CN)c2)n1. The number of nitrogens with zero attached hydrogens (tertiary/aromatic N) is 1. The fourth-order valence-electron chi connectivity index (χ4n) is 3.42. The van der Waals surface area contributed by atoms with Gasteiger partial charge >= 0.3 is 0 Å².